The van der Waals surface area contributed by atoms with Crippen LogP contribution in [-0.4, -0.2) is 30.8 Å². The minimum absolute atomic E-state index is 0.127. The Morgan fingerprint density at radius 3 is 2.68 bits per heavy atom. The first-order chi connectivity index (χ1) is 12.2. The third-order valence-corrected chi connectivity index (χ3v) is 3.39. The van der Waals surface area contributed by atoms with Gasteiger partial charge in [-0.25, -0.2) is 4.98 Å². The van der Waals surface area contributed by atoms with Gasteiger partial charge in [0.15, 0.2) is 11.5 Å². The summed E-state index contributed by atoms with van der Waals surface area (Å²) >= 11 is 0. The highest BCUT2D eigenvalue weighted by Gasteiger charge is 2.08. The Hall–Kier alpha value is -2.27. The van der Waals surface area contributed by atoms with E-state index >= 15 is 0 Å². The van der Waals surface area contributed by atoms with Crippen LogP contribution in [0.4, 0.5) is 0 Å². The standard InChI is InChI=1S/C20H28N2O3/c1-4-23-19-14-17(9-10-18(19)25-16(2)3)15-21-11-7-13-24-20-8-5-6-12-22-20/h5-6,8-10,12,14,16,21H,4,7,11,13,15H2,1-3H3. The largest absolute Gasteiger partial charge is 0.490 e. The third-order valence-electron chi connectivity index (χ3n) is 3.39. The SMILES string of the molecule is CCOc1cc(CNCCCOc2ccccn2)ccc1OC(C)C. The van der Waals surface area contributed by atoms with Crippen LogP contribution in [0.25, 0.3) is 0 Å². The number of nitrogens with zero attached hydrogens (tertiary/aromatic N) is 1. The zero-order chi connectivity index (χ0) is 17.9. The molecule has 1 heterocycles. The molecule has 0 unspecified atom stereocenters. The van der Waals surface area contributed by atoms with E-state index in [0.29, 0.717) is 19.1 Å². The van der Waals surface area contributed by atoms with Gasteiger partial charge in [-0.1, -0.05) is 12.1 Å². The van der Waals surface area contributed by atoms with E-state index < -0.39 is 0 Å². The van der Waals surface area contributed by atoms with Gasteiger partial charge in [-0.2, -0.15) is 0 Å². The van der Waals surface area contributed by atoms with Crippen LogP contribution in [0, 0.1) is 0 Å². The summed E-state index contributed by atoms with van der Waals surface area (Å²) in [5.41, 5.74) is 1.17. The monoisotopic (exact) mass is 344 g/mol. The summed E-state index contributed by atoms with van der Waals surface area (Å²) in [7, 11) is 0. The molecule has 5 nitrogen and oxygen atoms in total. The Labute approximate surface area is 150 Å². The molecule has 2 aromatic rings. The molecule has 0 aliphatic heterocycles. The maximum Gasteiger partial charge on any atom is 0.213 e. The number of benzene rings is 1. The maximum absolute atomic E-state index is 5.78. The molecule has 25 heavy (non-hydrogen) atoms. The van der Waals surface area contributed by atoms with Crippen molar-refractivity contribution in [2.75, 3.05) is 19.8 Å². The summed E-state index contributed by atoms with van der Waals surface area (Å²) in [5, 5.41) is 3.42. The molecule has 0 spiro atoms. The van der Waals surface area contributed by atoms with Crippen molar-refractivity contribution in [3.8, 4) is 17.4 Å². The van der Waals surface area contributed by atoms with Crippen molar-refractivity contribution in [2.45, 2.75) is 39.8 Å². The maximum atomic E-state index is 5.78. The molecule has 0 saturated heterocycles. The van der Waals surface area contributed by atoms with Crippen LogP contribution >= 0.6 is 0 Å². The molecule has 136 valence electrons. The first kappa shape index (κ1) is 19.1. The highest BCUT2D eigenvalue weighted by molar-refractivity contribution is 5.43. The van der Waals surface area contributed by atoms with Crippen molar-refractivity contribution in [3.05, 3.63) is 48.2 Å². The quantitative estimate of drug-likeness (QED) is 0.628. The number of pyridine rings is 1. The first-order valence-corrected chi connectivity index (χ1v) is 8.86. The van der Waals surface area contributed by atoms with E-state index in [1.165, 1.54) is 5.56 Å². The van der Waals surface area contributed by atoms with Crippen molar-refractivity contribution < 1.29 is 14.2 Å². The van der Waals surface area contributed by atoms with Gasteiger partial charge in [-0.15, -0.1) is 0 Å². The Morgan fingerprint density at radius 2 is 1.96 bits per heavy atom. The lowest BCUT2D eigenvalue weighted by atomic mass is 10.2. The number of nitrogens with one attached hydrogen (secondary N) is 1. The molecule has 2 rings (SSSR count). The van der Waals surface area contributed by atoms with Gasteiger partial charge < -0.3 is 19.5 Å². The highest BCUT2D eigenvalue weighted by Crippen LogP contribution is 2.29. The van der Waals surface area contributed by atoms with Gasteiger partial charge in [0, 0.05) is 18.8 Å². The van der Waals surface area contributed by atoms with Crippen LogP contribution in [0.15, 0.2) is 42.6 Å². The lowest BCUT2D eigenvalue weighted by Gasteiger charge is -2.15. The molecule has 0 saturated carbocycles. The number of hydrogen-bond donors (Lipinski definition) is 1. The van der Waals surface area contributed by atoms with E-state index in [2.05, 4.69) is 16.4 Å². The van der Waals surface area contributed by atoms with Gasteiger partial charge in [-0.3, -0.25) is 0 Å². The highest BCUT2D eigenvalue weighted by atomic mass is 16.5. The van der Waals surface area contributed by atoms with Gasteiger partial charge in [0.25, 0.3) is 0 Å². The van der Waals surface area contributed by atoms with Gasteiger partial charge >= 0.3 is 0 Å². The summed E-state index contributed by atoms with van der Waals surface area (Å²) in [6.07, 6.45) is 2.78. The molecule has 0 fully saturated rings. The molecule has 1 aromatic heterocycles. The number of rotatable bonds is 11. The van der Waals surface area contributed by atoms with Crippen molar-refractivity contribution >= 4 is 0 Å². The number of ether oxygens (including phenoxy) is 3. The van der Waals surface area contributed by atoms with Crippen molar-refractivity contribution in [3.63, 3.8) is 0 Å². The summed E-state index contributed by atoms with van der Waals surface area (Å²) in [6.45, 7) is 8.93. The number of hydrogen-bond acceptors (Lipinski definition) is 5. The van der Waals surface area contributed by atoms with Crippen molar-refractivity contribution in [1.82, 2.24) is 10.3 Å². The van der Waals surface area contributed by atoms with E-state index in [1.807, 2.05) is 51.1 Å². The average Bonchev–Trinajstić information content (AvgIpc) is 2.61. The molecule has 0 aliphatic rings. The third kappa shape index (κ3) is 7.01. The Kier molecular flexibility index (Phi) is 8.05. The van der Waals surface area contributed by atoms with Crippen LogP contribution in [0.2, 0.25) is 0 Å². The summed E-state index contributed by atoms with van der Waals surface area (Å²) in [6, 6.07) is 11.7. The van der Waals surface area contributed by atoms with E-state index in [0.717, 1.165) is 31.0 Å². The Balaban J connectivity index is 1.73. The second-order valence-electron chi connectivity index (χ2n) is 5.93. The first-order valence-electron chi connectivity index (χ1n) is 8.86. The normalized spacial score (nSPS) is 10.7. The Bertz CT molecular complexity index is 618. The van der Waals surface area contributed by atoms with Crippen molar-refractivity contribution in [2.24, 2.45) is 0 Å². The fourth-order valence-electron chi connectivity index (χ4n) is 2.32. The molecular formula is C20H28N2O3. The summed E-state index contributed by atoms with van der Waals surface area (Å²) in [5.74, 6) is 2.27. The fourth-order valence-corrected chi connectivity index (χ4v) is 2.32. The lowest BCUT2D eigenvalue weighted by Crippen LogP contribution is -2.17. The lowest BCUT2D eigenvalue weighted by molar-refractivity contribution is 0.223. The fraction of sp³-hybridized carbons (Fsp3) is 0.450. The van der Waals surface area contributed by atoms with Gasteiger partial charge in [0.05, 0.1) is 19.3 Å². The second-order valence-corrected chi connectivity index (χ2v) is 5.93. The molecule has 1 aromatic carbocycles. The molecule has 1 N–H and O–H groups in total. The summed E-state index contributed by atoms with van der Waals surface area (Å²) in [4.78, 5) is 4.13. The minimum Gasteiger partial charge on any atom is -0.490 e. The van der Waals surface area contributed by atoms with Gasteiger partial charge in [-0.05, 0) is 57.5 Å². The smallest absolute Gasteiger partial charge is 0.213 e. The zero-order valence-corrected chi connectivity index (χ0v) is 15.3. The van der Waals surface area contributed by atoms with E-state index in [9.17, 15) is 0 Å². The molecule has 0 amide bonds. The van der Waals surface area contributed by atoms with Gasteiger partial charge in [0.1, 0.15) is 0 Å². The molecular weight excluding hydrogens is 316 g/mol. The van der Waals surface area contributed by atoms with E-state index in [-0.39, 0.29) is 6.10 Å². The minimum atomic E-state index is 0.127. The predicted octanol–water partition coefficient (Wildman–Crippen LogP) is 3.83. The second kappa shape index (κ2) is 10.6. The molecule has 5 heteroatoms. The molecule has 0 radical (unpaired) electrons. The van der Waals surface area contributed by atoms with E-state index in [4.69, 9.17) is 14.2 Å². The summed E-state index contributed by atoms with van der Waals surface area (Å²) < 4.78 is 17.1. The topological polar surface area (TPSA) is 52.6 Å². The van der Waals surface area contributed by atoms with Crippen molar-refractivity contribution in [1.29, 1.82) is 0 Å². The molecule has 0 bridgehead atoms. The number of aromatic nitrogens is 1. The van der Waals surface area contributed by atoms with Crippen LogP contribution < -0.4 is 19.5 Å². The zero-order valence-electron chi connectivity index (χ0n) is 15.3. The van der Waals surface area contributed by atoms with Crippen LogP contribution in [0.1, 0.15) is 32.8 Å². The van der Waals surface area contributed by atoms with Crippen LogP contribution in [-0.2, 0) is 6.54 Å². The van der Waals surface area contributed by atoms with E-state index in [1.54, 1.807) is 6.20 Å². The van der Waals surface area contributed by atoms with Crippen LogP contribution in [0.3, 0.4) is 0 Å². The van der Waals surface area contributed by atoms with Crippen LogP contribution in [0.5, 0.6) is 17.4 Å². The predicted molar refractivity (Wildman–Crippen MR) is 99.4 cm³/mol. The average molecular weight is 344 g/mol. The van der Waals surface area contributed by atoms with Gasteiger partial charge in [0.2, 0.25) is 5.88 Å². The Morgan fingerprint density at radius 1 is 1.08 bits per heavy atom. The molecule has 0 atom stereocenters. The molecule has 0 aliphatic carbocycles.